The molecule has 0 unspecified atom stereocenters. The summed E-state index contributed by atoms with van der Waals surface area (Å²) in [7, 11) is 0. The normalized spacial score (nSPS) is 27.4. The highest BCUT2D eigenvalue weighted by Gasteiger charge is 2.26. The van der Waals surface area contributed by atoms with Crippen molar-refractivity contribution in [2.45, 2.75) is 57.7 Å². The topological polar surface area (TPSA) is 64.3 Å². The second-order valence-electron chi connectivity index (χ2n) is 4.98. The number of ether oxygens (including phenoxy) is 1. The molecule has 3 N–H and O–H groups in total. The molecule has 1 saturated carbocycles. The Morgan fingerprint density at radius 3 is 2.50 bits per heavy atom. The van der Waals surface area contributed by atoms with Gasteiger partial charge in [0.1, 0.15) is 6.10 Å². The molecule has 4 nitrogen and oxygen atoms in total. The van der Waals surface area contributed by atoms with Crippen LogP contribution in [0.15, 0.2) is 0 Å². The first-order chi connectivity index (χ1) is 6.37. The number of nitrogens with one attached hydrogen (secondary N) is 1. The van der Waals surface area contributed by atoms with Crippen molar-refractivity contribution >= 4 is 6.09 Å². The quantitative estimate of drug-likeness (QED) is 0.672. The number of carbonyl (C=O) groups excluding carboxylic acids is 1. The molecule has 4 heteroatoms. The van der Waals surface area contributed by atoms with Gasteiger partial charge in [0.25, 0.3) is 0 Å². The fourth-order valence-corrected chi connectivity index (χ4v) is 1.57. The molecule has 1 aliphatic carbocycles. The molecule has 82 valence electrons. The van der Waals surface area contributed by atoms with Gasteiger partial charge in [-0.15, -0.1) is 0 Å². The van der Waals surface area contributed by atoms with Crippen LogP contribution >= 0.6 is 0 Å². The molecule has 1 amide bonds. The molecular formula is C10H20N2O2. The van der Waals surface area contributed by atoms with Crippen LogP contribution in [0.25, 0.3) is 0 Å². The van der Waals surface area contributed by atoms with Gasteiger partial charge in [0.2, 0.25) is 0 Å². The Bertz CT molecular complexity index is 211. The van der Waals surface area contributed by atoms with E-state index in [1.807, 2.05) is 20.8 Å². The zero-order valence-corrected chi connectivity index (χ0v) is 9.17. The average molecular weight is 200 g/mol. The first-order valence-corrected chi connectivity index (χ1v) is 5.11. The van der Waals surface area contributed by atoms with Crippen molar-refractivity contribution in [3.8, 4) is 0 Å². The van der Waals surface area contributed by atoms with E-state index in [-0.39, 0.29) is 23.8 Å². The zero-order valence-electron chi connectivity index (χ0n) is 9.17. The third-order valence-electron chi connectivity index (χ3n) is 2.18. The maximum atomic E-state index is 11.3. The van der Waals surface area contributed by atoms with Gasteiger partial charge in [-0.2, -0.15) is 0 Å². The van der Waals surface area contributed by atoms with Crippen LogP contribution in [-0.4, -0.2) is 23.8 Å². The minimum atomic E-state index is -0.336. The van der Waals surface area contributed by atoms with Crippen molar-refractivity contribution in [2.75, 3.05) is 0 Å². The second-order valence-corrected chi connectivity index (χ2v) is 4.98. The number of carbonyl (C=O) groups is 1. The van der Waals surface area contributed by atoms with E-state index < -0.39 is 0 Å². The second kappa shape index (κ2) is 4.17. The molecule has 1 rings (SSSR count). The highest BCUT2D eigenvalue weighted by Crippen LogP contribution is 2.20. The molecule has 1 fully saturated rings. The lowest BCUT2D eigenvalue weighted by Gasteiger charge is -2.21. The Morgan fingerprint density at radius 1 is 1.43 bits per heavy atom. The lowest BCUT2D eigenvalue weighted by atomic mass is 10.1. The van der Waals surface area contributed by atoms with Gasteiger partial charge in [-0.05, 0) is 40.0 Å². The molecule has 0 aromatic rings. The number of amides is 1. The maximum absolute atomic E-state index is 11.3. The summed E-state index contributed by atoms with van der Waals surface area (Å²) in [5, 5.41) is 2.76. The lowest BCUT2D eigenvalue weighted by Crippen LogP contribution is -2.42. The minimum Gasteiger partial charge on any atom is -0.446 e. The van der Waals surface area contributed by atoms with Crippen LogP contribution in [0, 0.1) is 0 Å². The summed E-state index contributed by atoms with van der Waals surface area (Å²) in [5.74, 6) is 0. The van der Waals surface area contributed by atoms with Gasteiger partial charge < -0.3 is 15.8 Å². The van der Waals surface area contributed by atoms with Crippen molar-refractivity contribution in [2.24, 2.45) is 5.73 Å². The number of hydrogen-bond donors (Lipinski definition) is 2. The Kier molecular flexibility index (Phi) is 3.37. The highest BCUT2D eigenvalue weighted by molar-refractivity contribution is 5.68. The summed E-state index contributed by atoms with van der Waals surface area (Å²) < 4.78 is 5.23. The van der Waals surface area contributed by atoms with Crippen molar-refractivity contribution < 1.29 is 9.53 Å². The Labute approximate surface area is 85.2 Å². The van der Waals surface area contributed by atoms with E-state index in [0.29, 0.717) is 0 Å². The Hall–Kier alpha value is -0.770. The number of rotatable bonds is 1. The molecule has 0 saturated heterocycles. The van der Waals surface area contributed by atoms with E-state index in [4.69, 9.17) is 10.5 Å². The third kappa shape index (κ3) is 3.96. The van der Waals surface area contributed by atoms with E-state index in [1.165, 1.54) is 0 Å². The maximum Gasteiger partial charge on any atom is 0.407 e. The van der Waals surface area contributed by atoms with E-state index >= 15 is 0 Å². The van der Waals surface area contributed by atoms with E-state index in [1.54, 1.807) is 0 Å². The van der Waals surface area contributed by atoms with Gasteiger partial charge in [-0.25, -0.2) is 4.79 Å². The largest absolute Gasteiger partial charge is 0.446 e. The number of alkyl carbamates (subject to hydrolysis) is 1. The van der Waals surface area contributed by atoms with Crippen LogP contribution in [0.5, 0.6) is 0 Å². The van der Waals surface area contributed by atoms with Gasteiger partial charge in [0.15, 0.2) is 0 Å². The Morgan fingerprint density at radius 2 is 2.07 bits per heavy atom. The predicted molar refractivity (Wildman–Crippen MR) is 55.0 cm³/mol. The molecule has 0 aliphatic heterocycles. The fourth-order valence-electron chi connectivity index (χ4n) is 1.57. The average Bonchev–Trinajstić information content (AvgIpc) is 2.30. The van der Waals surface area contributed by atoms with E-state index in [2.05, 4.69) is 5.32 Å². The molecule has 0 aromatic carbocycles. The van der Waals surface area contributed by atoms with Crippen LogP contribution in [0.4, 0.5) is 4.79 Å². The summed E-state index contributed by atoms with van der Waals surface area (Å²) >= 11 is 0. The highest BCUT2D eigenvalue weighted by atomic mass is 16.6. The summed E-state index contributed by atoms with van der Waals surface area (Å²) in [6.07, 6.45) is 2.30. The number of nitrogens with two attached hydrogens (primary N) is 1. The summed E-state index contributed by atoms with van der Waals surface area (Å²) in [4.78, 5) is 11.3. The molecule has 0 bridgehead atoms. The van der Waals surface area contributed by atoms with Gasteiger partial charge in [0.05, 0.1) is 0 Å². The molecule has 2 atom stereocenters. The molecular weight excluding hydrogens is 180 g/mol. The molecule has 0 heterocycles. The standard InChI is InChI=1S/C10H20N2O2/c1-10(2,3)12-9(13)14-8-5-4-7(11)6-8/h7-8H,4-6,11H2,1-3H3,(H,12,13)/t7-,8-/m1/s1. The van der Waals surface area contributed by atoms with Gasteiger partial charge in [-0.3, -0.25) is 0 Å². The van der Waals surface area contributed by atoms with Crippen LogP contribution in [0.2, 0.25) is 0 Å². The SMILES string of the molecule is CC(C)(C)NC(=O)O[C@@H]1CC[C@@H](N)C1. The molecule has 0 aromatic heterocycles. The summed E-state index contributed by atoms with van der Waals surface area (Å²) in [6, 6.07) is 0.197. The molecule has 0 radical (unpaired) electrons. The molecule has 0 spiro atoms. The van der Waals surface area contributed by atoms with Gasteiger partial charge in [0, 0.05) is 11.6 Å². The first-order valence-electron chi connectivity index (χ1n) is 5.11. The number of hydrogen-bond acceptors (Lipinski definition) is 3. The fraction of sp³-hybridized carbons (Fsp3) is 0.900. The smallest absolute Gasteiger partial charge is 0.407 e. The van der Waals surface area contributed by atoms with E-state index in [9.17, 15) is 4.79 Å². The predicted octanol–water partition coefficient (Wildman–Crippen LogP) is 1.39. The van der Waals surface area contributed by atoms with Crippen LogP contribution < -0.4 is 11.1 Å². The van der Waals surface area contributed by atoms with E-state index in [0.717, 1.165) is 19.3 Å². The van der Waals surface area contributed by atoms with Crippen molar-refractivity contribution in [3.63, 3.8) is 0 Å². The van der Waals surface area contributed by atoms with Gasteiger partial charge >= 0.3 is 6.09 Å². The first kappa shape index (κ1) is 11.3. The molecule has 14 heavy (non-hydrogen) atoms. The Balaban J connectivity index is 2.27. The molecule has 1 aliphatic rings. The van der Waals surface area contributed by atoms with Crippen molar-refractivity contribution in [3.05, 3.63) is 0 Å². The van der Waals surface area contributed by atoms with Crippen LogP contribution in [0.3, 0.4) is 0 Å². The van der Waals surface area contributed by atoms with Crippen LogP contribution in [-0.2, 0) is 4.74 Å². The summed E-state index contributed by atoms with van der Waals surface area (Å²) in [6.45, 7) is 5.78. The van der Waals surface area contributed by atoms with Crippen molar-refractivity contribution in [1.82, 2.24) is 5.32 Å². The summed E-state index contributed by atoms with van der Waals surface area (Å²) in [5.41, 5.74) is 5.48. The third-order valence-corrected chi connectivity index (χ3v) is 2.18. The minimum absolute atomic E-state index is 0.00681. The monoisotopic (exact) mass is 200 g/mol. The lowest BCUT2D eigenvalue weighted by molar-refractivity contribution is 0.0938. The van der Waals surface area contributed by atoms with Crippen LogP contribution in [0.1, 0.15) is 40.0 Å². The van der Waals surface area contributed by atoms with Crippen molar-refractivity contribution in [1.29, 1.82) is 0 Å². The zero-order chi connectivity index (χ0) is 10.8. The van der Waals surface area contributed by atoms with Gasteiger partial charge in [-0.1, -0.05) is 0 Å².